The second kappa shape index (κ2) is 4.10. The summed E-state index contributed by atoms with van der Waals surface area (Å²) in [7, 11) is -1.95. The molecule has 0 aliphatic heterocycles. The molecule has 6 nitrogen and oxygen atoms in total. The summed E-state index contributed by atoms with van der Waals surface area (Å²) in [5.41, 5.74) is 6.49. The molecule has 2 rings (SSSR count). The van der Waals surface area contributed by atoms with Crippen molar-refractivity contribution in [2.75, 3.05) is 10.5 Å². The number of nitrogens with two attached hydrogens (primary N) is 1. The van der Waals surface area contributed by atoms with Gasteiger partial charge in [-0.05, 0) is 18.2 Å². The summed E-state index contributed by atoms with van der Waals surface area (Å²) < 4.78 is 27.7. The van der Waals surface area contributed by atoms with Crippen LogP contribution in [0.15, 0.2) is 41.6 Å². The summed E-state index contributed by atoms with van der Waals surface area (Å²) in [6.45, 7) is 0. The standard InChI is InChI=1S/C10H12N4O2S/c1-14-7-10(6-12-14)17(15,16)13-9-4-2-3-8(11)5-9/h2-7,13H,11H2,1H3. The van der Waals surface area contributed by atoms with Crippen LogP contribution in [-0.4, -0.2) is 18.2 Å². The van der Waals surface area contributed by atoms with Crippen LogP contribution in [-0.2, 0) is 17.1 Å². The molecular formula is C10H12N4O2S. The number of hydrogen-bond donors (Lipinski definition) is 2. The van der Waals surface area contributed by atoms with Crippen LogP contribution in [0.25, 0.3) is 0 Å². The van der Waals surface area contributed by atoms with Crippen LogP contribution in [0.2, 0.25) is 0 Å². The molecular weight excluding hydrogens is 240 g/mol. The molecule has 0 unspecified atom stereocenters. The zero-order valence-electron chi connectivity index (χ0n) is 9.16. The average molecular weight is 252 g/mol. The van der Waals surface area contributed by atoms with Crippen molar-refractivity contribution in [3.8, 4) is 0 Å². The topological polar surface area (TPSA) is 90.0 Å². The molecule has 0 radical (unpaired) electrons. The van der Waals surface area contributed by atoms with Crippen molar-refractivity contribution in [1.29, 1.82) is 0 Å². The lowest BCUT2D eigenvalue weighted by Gasteiger charge is -2.06. The molecule has 0 fully saturated rings. The van der Waals surface area contributed by atoms with Gasteiger partial charge in [0.05, 0.1) is 11.9 Å². The van der Waals surface area contributed by atoms with Gasteiger partial charge in [-0.1, -0.05) is 6.07 Å². The number of aromatic nitrogens is 2. The minimum Gasteiger partial charge on any atom is -0.399 e. The van der Waals surface area contributed by atoms with E-state index in [1.165, 1.54) is 17.1 Å². The molecule has 0 saturated carbocycles. The minimum absolute atomic E-state index is 0.113. The molecule has 1 aromatic carbocycles. The van der Waals surface area contributed by atoms with E-state index in [4.69, 9.17) is 5.73 Å². The van der Waals surface area contributed by atoms with E-state index in [9.17, 15) is 8.42 Å². The molecule has 0 aliphatic carbocycles. The predicted molar refractivity (Wildman–Crippen MR) is 64.9 cm³/mol. The van der Waals surface area contributed by atoms with Crippen LogP contribution < -0.4 is 10.5 Å². The summed E-state index contributed by atoms with van der Waals surface area (Å²) in [4.78, 5) is 0.113. The number of anilines is 2. The molecule has 1 heterocycles. The van der Waals surface area contributed by atoms with Gasteiger partial charge in [-0.2, -0.15) is 5.10 Å². The maximum absolute atomic E-state index is 11.9. The number of nitrogen functional groups attached to an aromatic ring is 1. The van der Waals surface area contributed by atoms with Gasteiger partial charge in [0, 0.05) is 18.9 Å². The highest BCUT2D eigenvalue weighted by atomic mass is 32.2. The Balaban J connectivity index is 2.29. The summed E-state index contributed by atoms with van der Waals surface area (Å²) in [5.74, 6) is 0. The number of nitrogens with one attached hydrogen (secondary N) is 1. The van der Waals surface area contributed by atoms with Crippen LogP contribution in [0.1, 0.15) is 0 Å². The fourth-order valence-electron chi connectivity index (χ4n) is 1.35. The number of aryl methyl sites for hydroxylation is 1. The van der Waals surface area contributed by atoms with Crippen molar-refractivity contribution in [2.45, 2.75) is 4.90 Å². The Labute approximate surface area is 99.1 Å². The van der Waals surface area contributed by atoms with Gasteiger partial charge in [0.25, 0.3) is 10.0 Å². The van der Waals surface area contributed by atoms with E-state index in [1.54, 1.807) is 31.3 Å². The predicted octanol–water partition coefficient (Wildman–Crippen LogP) is 0.803. The lowest BCUT2D eigenvalue weighted by Crippen LogP contribution is -2.12. The maximum atomic E-state index is 11.9. The lowest BCUT2D eigenvalue weighted by atomic mass is 10.3. The first-order valence-electron chi connectivity index (χ1n) is 4.84. The lowest BCUT2D eigenvalue weighted by molar-refractivity contribution is 0.601. The Morgan fingerprint density at radius 1 is 1.41 bits per heavy atom. The summed E-state index contributed by atoms with van der Waals surface area (Å²) in [5, 5.41) is 3.81. The third-order valence-corrected chi connectivity index (χ3v) is 3.47. The zero-order valence-corrected chi connectivity index (χ0v) is 9.98. The molecule has 90 valence electrons. The monoisotopic (exact) mass is 252 g/mol. The van der Waals surface area contributed by atoms with E-state index in [0.717, 1.165) is 0 Å². The number of nitrogens with zero attached hydrogens (tertiary/aromatic N) is 2. The van der Waals surface area contributed by atoms with E-state index in [0.29, 0.717) is 11.4 Å². The van der Waals surface area contributed by atoms with Crippen LogP contribution in [0.3, 0.4) is 0 Å². The molecule has 0 bridgehead atoms. The second-order valence-corrected chi connectivity index (χ2v) is 5.26. The van der Waals surface area contributed by atoms with Crippen LogP contribution >= 0.6 is 0 Å². The van der Waals surface area contributed by atoms with Crippen LogP contribution in [0.4, 0.5) is 11.4 Å². The second-order valence-electron chi connectivity index (χ2n) is 3.58. The van der Waals surface area contributed by atoms with Gasteiger partial charge in [-0.15, -0.1) is 0 Å². The Morgan fingerprint density at radius 3 is 2.76 bits per heavy atom. The fraction of sp³-hybridized carbons (Fsp3) is 0.100. The van der Waals surface area contributed by atoms with Gasteiger partial charge < -0.3 is 5.73 Å². The van der Waals surface area contributed by atoms with Crippen molar-refractivity contribution in [1.82, 2.24) is 9.78 Å². The van der Waals surface area contributed by atoms with E-state index in [-0.39, 0.29) is 4.90 Å². The Bertz CT molecular complexity index is 633. The van der Waals surface area contributed by atoms with Gasteiger partial charge in [0.1, 0.15) is 4.90 Å². The van der Waals surface area contributed by atoms with E-state index < -0.39 is 10.0 Å². The first-order valence-corrected chi connectivity index (χ1v) is 6.33. The summed E-state index contributed by atoms with van der Waals surface area (Å²) in [6, 6.07) is 6.54. The van der Waals surface area contributed by atoms with Crippen molar-refractivity contribution >= 4 is 21.4 Å². The molecule has 0 spiro atoms. The van der Waals surface area contributed by atoms with Crippen molar-refractivity contribution in [2.24, 2.45) is 7.05 Å². The summed E-state index contributed by atoms with van der Waals surface area (Å²) >= 11 is 0. The number of benzene rings is 1. The first-order chi connectivity index (χ1) is 7.97. The third kappa shape index (κ3) is 2.56. The third-order valence-electron chi connectivity index (χ3n) is 2.13. The van der Waals surface area contributed by atoms with Crippen molar-refractivity contribution in [3.05, 3.63) is 36.7 Å². The highest BCUT2D eigenvalue weighted by Gasteiger charge is 2.15. The number of hydrogen-bond acceptors (Lipinski definition) is 4. The Morgan fingerprint density at radius 2 is 2.18 bits per heavy atom. The molecule has 17 heavy (non-hydrogen) atoms. The fourth-order valence-corrected chi connectivity index (χ4v) is 2.39. The van der Waals surface area contributed by atoms with Gasteiger partial charge in [0.2, 0.25) is 0 Å². The molecule has 0 aliphatic rings. The highest BCUT2D eigenvalue weighted by molar-refractivity contribution is 7.92. The zero-order chi connectivity index (χ0) is 12.5. The molecule has 0 atom stereocenters. The average Bonchev–Trinajstić information content (AvgIpc) is 2.65. The smallest absolute Gasteiger partial charge is 0.265 e. The number of sulfonamides is 1. The Hall–Kier alpha value is -2.02. The number of rotatable bonds is 3. The van der Waals surface area contributed by atoms with Gasteiger partial charge in [-0.3, -0.25) is 9.40 Å². The van der Waals surface area contributed by atoms with Crippen molar-refractivity contribution in [3.63, 3.8) is 0 Å². The van der Waals surface area contributed by atoms with Crippen LogP contribution in [0, 0.1) is 0 Å². The molecule has 3 N–H and O–H groups in total. The van der Waals surface area contributed by atoms with Crippen molar-refractivity contribution < 1.29 is 8.42 Å². The van der Waals surface area contributed by atoms with Gasteiger partial charge in [0.15, 0.2) is 0 Å². The maximum Gasteiger partial charge on any atom is 0.265 e. The molecule has 2 aromatic rings. The van der Waals surface area contributed by atoms with Gasteiger partial charge >= 0.3 is 0 Å². The molecule has 0 saturated heterocycles. The van der Waals surface area contributed by atoms with E-state index in [2.05, 4.69) is 9.82 Å². The normalized spacial score (nSPS) is 11.4. The largest absolute Gasteiger partial charge is 0.399 e. The van der Waals surface area contributed by atoms with E-state index >= 15 is 0 Å². The van der Waals surface area contributed by atoms with E-state index in [1.807, 2.05) is 0 Å². The molecule has 1 aromatic heterocycles. The molecule has 0 amide bonds. The minimum atomic E-state index is -3.60. The highest BCUT2D eigenvalue weighted by Crippen LogP contribution is 2.17. The quantitative estimate of drug-likeness (QED) is 0.791. The van der Waals surface area contributed by atoms with Gasteiger partial charge in [-0.25, -0.2) is 8.42 Å². The SMILES string of the molecule is Cn1cc(S(=O)(=O)Nc2cccc(N)c2)cn1. The summed E-state index contributed by atoms with van der Waals surface area (Å²) in [6.07, 6.45) is 2.71. The van der Waals surface area contributed by atoms with Crippen LogP contribution in [0.5, 0.6) is 0 Å². The Kier molecular flexibility index (Phi) is 2.76. The first kappa shape index (κ1) is 11.5. The molecule has 7 heteroatoms.